The second-order valence-corrected chi connectivity index (χ2v) is 5.38. The fraction of sp³-hybridized carbons (Fsp3) is 0.312. The molecule has 1 fully saturated rings. The van der Waals surface area contributed by atoms with Crippen molar-refractivity contribution in [3.8, 4) is 0 Å². The normalized spacial score (nSPS) is 15.3. The summed E-state index contributed by atoms with van der Waals surface area (Å²) in [5.74, 6) is 0.661. The zero-order chi connectivity index (χ0) is 14.8. The number of nitrogens with two attached hydrogens (primary N) is 1. The minimum absolute atomic E-state index is 0.200. The molecule has 5 heteroatoms. The Morgan fingerprint density at radius 2 is 1.67 bits per heavy atom. The van der Waals surface area contributed by atoms with Crippen molar-refractivity contribution in [2.75, 3.05) is 41.7 Å². The molecule has 1 aliphatic rings. The summed E-state index contributed by atoms with van der Waals surface area (Å²) in [6.07, 6.45) is 1.85. The van der Waals surface area contributed by atoms with Gasteiger partial charge >= 0.3 is 0 Å². The lowest BCUT2D eigenvalue weighted by Crippen LogP contribution is -2.47. The van der Waals surface area contributed by atoms with Crippen molar-refractivity contribution in [1.29, 1.82) is 0 Å². The van der Waals surface area contributed by atoms with Gasteiger partial charge in [0.2, 0.25) is 0 Å². The number of halogens is 1. The lowest BCUT2D eigenvalue weighted by atomic mass is 10.2. The molecule has 0 amide bonds. The highest BCUT2D eigenvalue weighted by atomic mass is 19.1. The molecule has 0 bridgehead atoms. The maximum Gasteiger partial charge on any atom is 0.151 e. The van der Waals surface area contributed by atoms with Crippen LogP contribution in [0, 0.1) is 12.7 Å². The van der Waals surface area contributed by atoms with Crippen LogP contribution in [0.5, 0.6) is 0 Å². The third-order valence-electron chi connectivity index (χ3n) is 3.80. The van der Waals surface area contributed by atoms with E-state index in [9.17, 15) is 4.39 Å². The van der Waals surface area contributed by atoms with Crippen LogP contribution in [0.15, 0.2) is 36.5 Å². The van der Waals surface area contributed by atoms with E-state index in [2.05, 4.69) is 14.8 Å². The van der Waals surface area contributed by atoms with Crippen molar-refractivity contribution in [1.82, 2.24) is 4.98 Å². The van der Waals surface area contributed by atoms with E-state index < -0.39 is 0 Å². The summed E-state index contributed by atoms with van der Waals surface area (Å²) in [7, 11) is 0. The molecule has 1 aromatic carbocycles. The number of nitrogen functional groups attached to an aromatic ring is 1. The first-order valence-electron chi connectivity index (χ1n) is 7.11. The second kappa shape index (κ2) is 5.60. The molecule has 110 valence electrons. The predicted octanol–water partition coefficient (Wildman–Crippen LogP) is 2.44. The highest BCUT2D eigenvalue weighted by molar-refractivity contribution is 5.64. The van der Waals surface area contributed by atoms with Gasteiger partial charge in [-0.1, -0.05) is 0 Å². The second-order valence-electron chi connectivity index (χ2n) is 5.38. The molecule has 4 nitrogen and oxygen atoms in total. The monoisotopic (exact) mass is 286 g/mol. The molecule has 1 saturated heterocycles. The number of rotatable bonds is 2. The summed E-state index contributed by atoms with van der Waals surface area (Å²) >= 11 is 0. The number of pyridine rings is 1. The van der Waals surface area contributed by atoms with E-state index in [0.717, 1.165) is 48.9 Å². The van der Waals surface area contributed by atoms with Crippen LogP contribution < -0.4 is 15.5 Å². The number of aryl methyl sites for hydroxylation is 1. The quantitative estimate of drug-likeness (QED) is 0.921. The van der Waals surface area contributed by atoms with Crippen LogP contribution in [0.1, 0.15) is 5.56 Å². The van der Waals surface area contributed by atoms with Crippen molar-refractivity contribution in [2.45, 2.75) is 6.92 Å². The van der Waals surface area contributed by atoms with Crippen molar-refractivity contribution in [3.63, 3.8) is 0 Å². The van der Waals surface area contributed by atoms with Gasteiger partial charge in [-0.25, -0.2) is 9.37 Å². The van der Waals surface area contributed by atoms with Crippen LogP contribution in [0.4, 0.5) is 21.6 Å². The van der Waals surface area contributed by atoms with Gasteiger partial charge in [-0.05, 0) is 42.8 Å². The number of aromatic nitrogens is 1. The number of piperazine rings is 1. The first-order chi connectivity index (χ1) is 10.1. The predicted molar refractivity (Wildman–Crippen MR) is 84.2 cm³/mol. The summed E-state index contributed by atoms with van der Waals surface area (Å²) in [4.78, 5) is 8.90. The molecule has 0 atom stereocenters. The fourth-order valence-corrected chi connectivity index (χ4v) is 2.68. The molecule has 0 radical (unpaired) electrons. The summed E-state index contributed by atoms with van der Waals surface area (Å²) < 4.78 is 13.0. The van der Waals surface area contributed by atoms with Gasteiger partial charge in [0.15, 0.2) is 5.82 Å². The third kappa shape index (κ3) is 2.91. The number of benzene rings is 1. The maximum absolute atomic E-state index is 13.0. The smallest absolute Gasteiger partial charge is 0.151 e. The lowest BCUT2D eigenvalue weighted by Gasteiger charge is -2.37. The number of anilines is 3. The van der Waals surface area contributed by atoms with E-state index in [1.54, 1.807) is 0 Å². The van der Waals surface area contributed by atoms with Gasteiger partial charge in [0.1, 0.15) is 5.82 Å². The summed E-state index contributed by atoms with van der Waals surface area (Å²) in [6, 6.07) is 8.60. The van der Waals surface area contributed by atoms with Crippen LogP contribution in [0.3, 0.4) is 0 Å². The fourth-order valence-electron chi connectivity index (χ4n) is 2.68. The summed E-state index contributed by atoms with van der Waals surface area (Å²) in [5, 5.41) is 0. The van der Waals surface area contributed by atoms with Gasteiger partial charge in [-0.2, -0.15) is 0 Å². The Kier molecular flexibility index (Phi) is 3.64. The van der Waals surface area contributed by atoms with E-state index in [1.807, 2.05) is 31.3 Å². The zero-order valence-electron chi connectivity index (χ0n) is 12.1. The first-order valence-corrected chi connectivity index (χ1v) is 7.11. The molecule has 0 saturated carbocycles. The van der Waals surface area contributed by atoms with Gasteiger partial charge in [-0.15, -0.1) is 0 Å². The van der Waals surface area contributed by atoms with Crippen molar-refractivity contribution >= 4 is 17.2 Å². The SMILES string of the molecule is Cc1cnc(N2CCN(c3ccc(F)cc3)CC2)c(N)c1. The molecule has 1 aromatic heterocycles. The molecular weight excluding hydrogens is 267 g/mol. The van der Waals surface area contributed by atoms with E-state index in [1.165, 1.54) is 12.1 Å². The molecule has 2 heterocycles. The standard InChI is InChI=1S/C16H19FN4/c1-12-10-15(18)16(19-11-12)21-8-6-20(7-9-21)14-4-2-13(17)3-5-14/h2-5,10-11H,6-9,18H2,1H3. The molecule has 2 N–H and O–H groups in total. The van der Waals surface area contributed by atoms with E-state index >= 15 is 0 Å². The third-order valence-corrected chi connectivity index (χ3v) is 3.80. The van der Waals surface area contributed by atoms with Crippen molar-refractivity contribution in [3.05, 3.63) is 47.9 Å². The van der Waals surface area contributed by atoms with Gasteiger partial charge in [0.25, 0.3) is 0 Å². The number of nitrogens with zero attached hydrogens (tertiary/aromatic N) is 3. The highest BCUT2D eigenvalue weighted by Gasteiger charge is 2.19. The minimum Gasteiger partial charge on any atom is -0.396 e. The largest absolute Gasteiger partial charge is 0.396 e. The minimum atomic E-state index is -0.200. The van der Waals surface area contributed by atoms with Crippen LogP contribution in [0.2, 0.25) is 0 Å². The molecule has 0 aliphatic carbocycles. The molecule has 2 aromatic rings. The van der Waals surface area contributed by atoms with Crippen molar-refractivity contribution < 1.29 is 4.39 Å². The van der Waals surface area contributed by atoms with Crippen LogP contribution in [-0.2, 0) is 0 Å². The van der Waals surface area contributed by atoms with Crippen LogP contribution in [0.25, 0.3) is 0 Å². The Bertz CT molecular complexity index is 619. The maximum atomic E-state index is 13.0. The molecule has 0 unspecified atom stereocenters. The van der Waals surface area contributed by atoms with Gasteiger partial charge in [0.05, 0.1) is 5.69 Å². The molecule has 3 rings (SSSR count). The van der Waals surface area contributed by atoms with Crippen molar-refractivity contribution in [2.24, 2.45) is 0 Å². The van der Waals surface area contributed by atoms with E-state index in [0.29, 0.717) is 0 Å². The summed E-state index contributed by atoms with van der Waals surface area (Å²) in [5.41, 5.74) is 8.91. The van der Waals surface area contributed by atoms with E-state index in [4.69, 9.17) is 5.73 Å². The Labute approximate surface area is 124 Å². The molecule has 1 aliphatic heterocycles. The van der Waals surface area contributed by atoms with Crippen LogP contribution in [-0.4, -0.2) is 31.2 Å². The van der Waals surface area contributed by atoms with Gasteiger partial charge < -0.3 is 15.5 Å². The highest BCUT2D eigenvalue weighted by Crippen LogP contribution is 2.24. The Hall–Kier alpha value is -2.30. The first kappa shape index (κ1) is 13.7. The Morgan fingerprint density at radius 3 is 2.29 bits per heavy atom. The number of hydrogen-bond donors (Lipinski definition) is 1. The Morgan fingerprint density at radius 1 is 1.05 bits per heavy atom. The van der Waals surface area contributed by atoms with Gasteiger partial charge in [-0.3, -0.25) is 0 Å². The zero-order valence-corrected chi connectivity index (χ0v) is 12.1. The van der Waals surface area contributed by atoms with E-state index in [-0.39, 0.29) is 5.82 Å². The molecular formula is C16H19FN4. The summed E-state index contributed by atoms with van der Waals surface area (Å²) in [6.45, 7) is 5.45. The average molecular weight is 286 g/mol. The molecule has 0 spiro atoms. The van der Waals surface area contributed by atoms with Gasteiger partial charge in [0, 0.05) is 38.1 Å². The lowest BCUT2D eigenvalue weighted by molar-refractivity contribution is 0.624. The number of hydrogen-bond acceptors (Lipinski definition) is 4. The molecule has 21 heavy (non-hydrogen) atoms. The van der Waals surface area contributed by atoms with Crippen LogP contribution >= 0.6 is 0 Å². The topological polar surface area (TPSA) is 45.4 Å². The average Bonchev–Trinajstić information content (AvgIpc) is 2.48. The Balaban J connectivity index is 1.68.